The van der Waals surface area contributed by atoms with E-state index in [-0.39, 0.29) is 0 Å². The minimum absolute atomic E-state index is 0.427. The maximum Gasteiger partial charge on any atom is 0.406 e. The molecule has 1 heterocycles. The van der Waals surface area contributed by atoms with Gasteiger partial charge in [0.15, 0.2) is 0 Å². The van der Waals surface area contributed by atoms with Crippen LogP contribution >= 0.6 is 0 Å². The second-order valence-corrected chi connectivity index (χ2v) is 5.15. The minimum atomic E-state index is -4.48. The molecule has 0 bridgehead atoms. The number of amides is 3. The number of carbonyl (C=O) groups is 2. The molecule has 3 amide bonds. The Balaban J connectivity index is 2.47. The lowest BCUT2D eigenvalue weighted by Crippen LogP contribution is -2.45. The molecule has 0 radical (unpaired) electrons. The van der Waals surface area contributed by atoms with Gasteiger partial charge in [0.1, 0.15) is 12.3 Å². The van der Waals surface area contributed by atoms with Gasteiger partial charge >= 0.3 is 12.2 Å². The fraction of sp³-hybridized carbons (Fsp3) is 0.615. The molecular formula is C13H19F3N4O3. The van der Waals surface area contributed by atoms with E-state index in [0.717, 1.165) is 7.05 Å². The van der Waals surface area contributed by atoms with Gasteiger partial charge in [-0.25, -0.2) is 4.79 Å². The first-order chi connectivity index (χ1) is 10.5. The van der Waals surface area contributed by atoms with Crippen molar-refractivity contribution in [3.05, 3.63) is 17.0 Å². The number of halogens is 3. The second kappa shape index (κ2) is 7.34. The Labute approximate surface area is 131 Å². The fourth-order valence-electron chi connectivity index (χ4n) is 2.08. The molecule has 1 atom stereocenters. The van der Waals surface area contributed by atoms with Crippen molar-refractivity contribution in [2.75, 3.05) is 20.1 Å². The number of carbonyl (C=O) groups excluding carboxylic acids is 2. The Morgan fingerprint density at radius 1 is 1.35 bits per heavy atom. The highest BCUT2D eigenvalue weighted by atomic mass is 19.4. The molecule has 10 heteroatoms. The molecule has 1 aromatic heterocycles. The van der Waals surface area contributed by atoms with Crippen LogP contribution in [0.15, 0.2) is 4.52 Å². The molecule has 0 aromatic carbocycles. The third-order valence-electron chi connectivity index (χ3n) is 3.11. The number of hydrogen-bond acceptors (Lipinski definition) is 4. The Morgan fingerprint density at radius 2 is 1.96 bits per heavy atom. The first-order valence-corrected chi connectivity index (χ1v) is 6.79. The largest absolute Gasteiger partial charge is 0.406 e. The summed E-state index contributed by atoms with van der Waals surface area (Å²) in [6, 6.07) is -1.10. The maximum absolute atomic E-state index is 12.2. The van der Waals surface area contributed by atoms with E-state index in [9.17, 15) is 22.8 Å². The van der Waals surface area contributed by atoms with Crippen LogP contribution in [0.2, 0.25) is 0 Å². The van der Waals surface area contributed by atoms with E-state index in [0.29, 0.717) is 21.9 Å². The van der Waals surface area contributed by atoms with Crippen LogP contribution < -0.4 is 10.6 Å². The highest BCUT2D eigenvalue weighted by Gasteiger charge is 2.31. The molecule has 1 rings (SSSR count). The third kappa shape index (κ3) is 5.80. The highest BCUT2D eigenvalue weighted by molar-refractivity contribution is 5.84. The van der Waals surface area contributed by atoms with Crippen LogP contribution in [-0.4, -0.2) is 48.3 Å². The molecule has 23 heavy (non-hydrogen) atoms. The fourth-order valence-corrected chi connectivity index (χ4v) is 2.08. The van der Waals surface area contributed by atoms with Crippen LogP contribution in [0.25, 0.3) is 0 Å². The van der Waals surface area contributed by atoms with Gasteiger partial charge in [-0.1, -0.05) is 5.16 Å². The van der Waals surface area contributed by atoms with Crippen molar-refractivity contribution in [2.24, 2.45) is 0 Å². The molecule has 0 aliphatic rings. The minimum Gasteiger partial charge on any atom is -0.361 e. The first-order valence-electron chi connectivity index (χ1n) is 6.79. The number of urea groups is 1. The van der Waals surface area contributed by atoms with Crippen molar-refractivity contribution >= 4 is 11.9 Å². The summed E-state index contributed by atoms with van der Waals surface area (Å²) in [6.45, 7) is 3.21. The standard InChI is InChI=1S/C13H19F3N4O3/c1-7(11-8(2)19-23-9(11)3)18-12(22)17-5-10(21)20(4)6-13(14,15)16/h7H,5-6H2,1-4H3,(H2,17,18,22). The molecule has 0 aliphatic heterocycles. The Kier molecular flexibility index (Phi) is 5.99. The van der Waals surface area contributed by atoms with E-state index >= 15 is 0 Å². The van der Waals surface area contributed by atoms with E-state index in [1.54, 1.807) is 20.8 Å². The van der Waals surface area contributed by atoms with Crippen LogP contribution in [0.3, 0.4) is 0 Å². The van der Waals surface area contributed by atoms with Crippen LogP contribution in [0.1, 0.15) is 30.0 Å². The average Bonchev–Trinajstić information content (AvgIpc) is 2.73. The summed E-state index contributed by atoms with van der Waals surface area (Å²) in [5, 5.41) is 8.55. The van der Waals surface area contributed by atoms with E-state index in [4.69, 9.17) is 4.52 Å². The lowest BCUT2D eigenvalue weighted by Gasteiger charge is -2.19. The van der Waals surface area contributed by atoms with Gasteiger partial charge in [0.05, 0.1) is 18.3 Å². The summed E-state index contributed by atoms with van der Waals surface area (Å²) in [4.78, 5) is 23.7. The summed E-state index contributed by atoms with van der Waals surface area (Å²) >= 11 is 0. The Morgan fingerprint density at radius 3 is 2.43 bits per heavy atom. The van der Waals surface area contributed by atoms with E-state index in [2.05, 4.69) is 15.8 Å². The number of nitrogens with zero attached hydrogens (tertiary/aromatic N) is 2. The quantitative estimate of drug-likeness (QED) is 0.856. The molecular weight excluding hydrogens is 317 g/mol. The number of hydrogen-bond donors (Lipinski definition) is 2. The van der Waals surface area contributed by atoms with Crippen molar-refractivity contribution in [3.8, 4) is 0 Å². The van der Waals surface area contributed by atoms with Gasteiger partial charge < -0.3 is 20.1 Å². The van der Waals surface area contributed by atoms with Crippen molar-refractivity contribution in [1.29, 1.82) is 0 Å². The summed E-state index contributed by atoms with van der Waals surface area (Å²) < 4.78 is 41.5. The molecule has 0 fully saturated rings. The second-order valence-electron chi connectivity index (χ2n) is 5.15. The summed E-state index contributed by atoms with van der Waals surface area (Å²) in [5.41, 5.74) is 1.33. The zero-order chi connectivity index (χ0) is 17.8. The maximum atomic E-state index is 12.2. The monoisotopic (exact) mass is 336 g/mol. The molecule has 0 saturated heterocycles. The molecule has 0 aliphatic carbocycles. The zero-order valence-electron chi connectivity index (χ0n) is 13.2. The van der Waals surface area contributed by atoms with Gasteiger partial charge in [0.25, 0.3) is 0 Å². The molecule has 1 unspecified atom stereocenters. The summed E-state index contributed by atoms with van der Waals surface area (Å²) in [5.74, 6) is -0.293. The molecule has 130 valence electrons. The summed E-state index contributed by atoms with van der Waals surface area (Å²) in [6.07, 6.45) is -4.48. The lowest BCUT2D eigenvalue weighted by molar-refractivity contribution is -0.157. The van der Waals surface area contributed by atoms with Crippen molar-refractivity contribution in [3.63, 3.8) is 0 Å². The predicted octanol–water partition coefficient (Wildman–Crippen LogP) is 1.67. The zero-order valence-corrected chi connectivity index (χ0v) is 13.2. The highest BCUT2D eigenvalue weighted by Crippen LogP contribution is 2.20. The van der Waals surface area contributed by atoms with Gasteiger partial charge in [-0.15, -0.1) is 0 Å². The number of rotatable bonds is 5. The Bertz CT molecular complexity index is 552. The summed E-state index contributed by atoms with van der Waals surface area (Å²) in [7, 11) is 1.02. The molecule has 0 saturated carbocycles. The van der Waals surface area contributed by atoms with Crippen molar-refractivity contribution in [2.45, 2.75) is 33.0 Å². The van der Waals surface area contributed by atoms with Gasteiger partial charge in [0, 0.05) is 12.6 Å². The van der Waals surface area contributed by atoms with Gasteiger partial charge in [-0.2, -0.15) is 13.2 Å². The Hall–Kier alpha value is -2.26. The van der Waals surface area contributed by atoms with Crippen molar-refractivity contribution in [1.82, 2.24) is 20.7 Å². The SMILES string of the molecule is Cc1noc(C)c1C(C)NC(=O)NCC(=O)N(C)CC(F)(F)F. The topological polar surface area (TPSA) is 87.5 Å². The number of alkyl halides is 3. The number of aryl methyl sites for hydroxylation is 2. The van der Waals surface area contributed by atoms with Gasteiger partial charge in [0.2, 0.25) is 5.91 Å². The molecule has 1 aromatic rings. The van der Waals surface area contributed by atoms with Gasteiger partial charge in [-0.3, -0.25) is 4.79 Å². The van der Waals surface area contributed by atoms with Crippen molar-refractivity contribution < 1.29 is 27.3 Å². The average molecular weight is 336 g/mol. The first kappa shape index (κ1) is 18.8. The molecule has 0 spiro atoms. The third-order valence-corrected chi connectivity index (χ3v) is 3.11. The number of likely N-dealkylation sites (N-methyl/N-ethyl adjacent to an activating group) is 1. The van der Waals surface area contributed by atoms with Crippen LogP contribution in [0, 0.1) is 13.8 Å². The number of aromatic nitrogens is 1. The van der Waals surface area contributed by atoms with Crippen LogP contribution in [0.5, 0.6) is 0 Å². The van der Waals surface area contributed by atoms with Gasteiger partial charge in [-0.05, 0) is 20.8 Å². The molecule has 2 N–H and O–H groups in total. The van der Waals surface area contributed by atoms with E-state index < -0.39 is 37.2 Å². The normalized spacial score (nSPS) is 12.7. The van der Waals surface area contributed by atoms with E-state index in [1.807, 2.05) is 0 Å². The smallest absolute Gasteiger partial charge is 0.361 e. The van der Waals surface area contributed by atoms with E-state index in [1.165, 1.54) is 0 Å². The van der Waals surface area contributed by atoms with Crippen LogP contribution in [0.4, 0.5) is 18.0 Å². The number of nitrogens with one attached hydrogen (secondary N) is 2. The predicted molar refractivity (Wildman–Crippen MR) is 74.6 cm³/mol. The van der Waals surface area contributed by atoms with Crippen LogP contribution in [-0.2, 0) is 4.79 Å². The molecule has 7 nitrogen and oxygen atoms in total. The lowest BCUT2D eigenvalue weighted by atomic mass is 10.1.